The lowest BCUT2D eigenvalue weighted by Crippen LogP contribution is -2.30. The first-order valence-electron chi connectivity index (χ1n) is 9.07. The van der Waals surface area contributed by atoms with Gasteiger partial charge in [-0.15, -0.1) is 0 Å². The maximum atomic E-state index is 11.7. The van der Waals surface area contributed by atoms with Crippen LogP contribution < -0.4 is 5.32 Å². The summed E-state index contributed by atoms with van der Waals surface area (Å²) in [6.07, 6.45) is -2.57. The van der Waals surface area contributed by atoms with Gasteiger partial charge in [0.15, 0.2) is 0 Å². The zero-order chi connectivity index (χ0) is 20.4. The van der Waals surface area contributed by atoms with Crippen molar-refractivity contribution in [1.29, 1.82) is 0 Å². The van der Waals surface area contributed by atoms with Crippen molar-refractivity contribution in [2.45, 2.75) is 38.1 Å². The van der Waals surface area contributed by atoms with Crippen LogP contribution in [0.3, 0.4) is 0 Å². The highest BCUT2D eigenvalue weighted by Gasteiger charge is 2.21. The molecule has 0 heterocycles. The number of carboxylic acid groups (broad SMARTS) is 1. The summed E-state index contributed by atoms with van der Waals surface area (Å²) >= 11 is 0. The average molecular weight is 387 g/mol. The Bertz CT molecular complexity index is 765. The Balaban J connectivity index is 1.78. The molecule has 2 atom stereocenters. The fraction of sp³-hybridized carbons (Fsp3) is 0.333. The molecule has 0 aliphatic carbocycles. The molecule has 0 spiro atoms. The normalized spacial score (nSPS) is 12.8. The van der Waals surface area contributed by atoms with Crippen LogP contribution in [0.4, 0.5) is 4.79 Å². The van der Waals surface area contributed by atoms with Gasteiger partial charge >= 0.3 is 12.1 Å². The second-order valence-electron chi connectivity index (χ2n) is 6.38. The molecule has 4 N–H and O–H groups in total. The highest BCUT2D eigenvalue weighted by molar-refractivity contribution is 5.67. The molecule has 7 nitrogen and oxygen atoms in total. The molecule has 2 unspecified atom stereocenters. The van der Waals surface area contributed by atoms with E-state index in [9.17, 15) is 19.8 Å². The van der Waals surface area contributed by atoms with Crippen molar-refractivity contribution in [3.05, 3.63) is 71.3 Å². The van der Waals surface area contributed by atoms with Crippen LogP contribution in [-0.4, -0.2) is 40.0 Å². The van der Waals surface area contributed by atoms with E-state index in [0.717, 1.165) is 5.56 Å². The second kappa shape index (κ2) is 11.1. The number of ether oxygens (including phenoxy) is 1. The quantitative estimate of drug-likeness (QED) is 0.498. The molecule has 0 aliphatic heterocycles. The summed E-state index contributed by atoms with van der Waals surface area (Å²) in [5.74, 6) is -0.928. The van der Waals surface area contributed by atoms with Crippen LogP contribution in [0.15, 0.2) is 54.6 Å². The summed E-state index contributed by atoms with van der Waals surface area (Å²) in [4.78, 5) is 22.5. The minimum atomic E-state index is -1.17. The number of carboxylic acids is 1. The van der Waals surface area contributed by atoms with Crippen LogP contribution in [0.1, 0.15) is 35.6 Å². The molecule has 1 amide bonds. The number of hydrogen-bond acceptors (Lipinski definition) is 5. The molecule has 0 radical (unpaired) electrons. The molecule has 28 heavy (non-hydrogen) atoms. The molecule has 2 rings (SSSR count). The Morgan fingerprint density at radius 3 is 2.39 bits per heavy atom. The van der Waals surface area contributed by atoms with Crippen LogP contribution in [0.25, 0.3) is 0 Å². The largest absolute Gasteiger partial charge is 0.481 e. The number of rotatable bonds is 10. The summed E-state index contributed by atoms with van der Waals surface area (Å²) in [5, 5.41) is 32.0. The summed E-state index contributed by atoms with van der Waals surface area (Å²) in [5.41, 5.74) is 2.03. The number of aliphatic carboxylic acids is 1. The zero-order valence-corrected chi connectivity index (χ0v) is 15.5. The number of benzene rings is 2. The summed E-state index contributed by atoms with van der Waals surface area (Å²) in [6.45, 7) is 0.276. The van der Waals surface area contributed by atoms with E-state index >= 15 is 0 Å². The molecular weight excluding hydrogens is 362 g/mol. The number of aliphatic hydroxyl groups excluding tert-OH is 2. The standard InChI is InChI=1S/C21H25NO6/c23-18(12-13-22-21(27)28-14-15-6-2-1-3-7-15)20(26)17-9-5-4-8-16(17)10-11-19(24)25/h1-9,18,20,23,26H,10-14H2,(H,22,27)(H,24,25). The molecule has 7 heteroatoms. The van der Waals surface area contributed by atoms with Crippen molar-refractivity contribution in [2.24, 2.45) is 0 Å². The second-order valence-corrected chi connectivity index (χ2v) is 6.38. The van der Waals surface area contributed by atoms with Crippen molar-refractivity contribution in [3.63, 3.8) is 0 Å². The SMILES string of the molecule is O=C(O)CCc1ccccc1C(O)C(O)CCNC(=O)OCc1ccccc1. The lowest BCUT2D eigenvalue weighted by atomic mass is 9.94. The molecule has 0 fully saturated rings. The highest BCUT2D eigenvalue weighted by atomic mass is 16.5. The Kier molecular flexibility index (Phi) is 8.45. The van der Waals surface area contributed by atoms with Crippen LogP contribution in [0.2, 0.25) is 0 Å². The molecule has 0 aliphatic rings. The third-order valence-electron chi connectivity index (χ3n) is 4.27. The highest BCUT2D eigenvalue weighted by Crippen LogP contribution is 2.23. The molecule has 150 valence electrons. The molecule has 0 saturated heterocycles. The predicted octanol–water partition coefficient (Wildman–Crippen LogP) is 2.41. The summed E-state index contributed by atoms with van der Waals surface area (Å²) in [6, 6.07) is 16.1. The van der Waals surface area contributed by atoms with Gasteiger partial charge in [0, 0.05) is 13.0 Å². The first-order valence-corrected chi connectivity index (χ1v) is 9.07. The minimum absolute atomic E-state index is 0.0609. The number of carbonyl (C=O) groups is 2. The van der Waals surface area contributed by atoms with Gasteiger partial charge in [-0.25, -0.2) is 4.79 Å². The molecule has 0 bridgehead atoms. The van der Waals surface area contributed by atoms with Crippen LogP contribution >= 0.6 is 0 Å². The van der Waals surface area contributed by atoms with Gasteiger partial charge in [-0.1, -0.05) is 54.6 Å². The molecule has 2 aromatic rings. The molecule has 2 aromatic carbocycles. The van der Waals surface area contributed by atoms with Crippen molar-refractivity contribution in [3.8, 4) is 0 Å². The predicted molar refractivity (Wildman–Crippen MR) is 103 cm³/mol. The zero-order valence-electron chi connectivity index (χ0n) is 15.5. The van der Waals surface area contributed by atoms with Gasteiger partial charge < -0.3 is 25.4 Å². The third-order valence-corrected chi connectivity index (χ3v) is 4.27. The molecule has 0 saturated carbocycles. The van der Waals surface area contributed by atoms with E-state index in [1.54, 1.807) is 24.3 Å². The number of alkyl carbamates (subject to hydrolysis) is 1. The van der Waals surface area contributed by atoms with Gasteiger partial charge in [-0.2, -0.15) is 0 Å². The van der Waals surface area contributed by atoms with Crippen molar-refractivity contribution >= 4 is 12.1 Å². The number of nitrogens with one attached hydrogen (secondary N) is 1. The Morgan fingerprint density at radius 1 is 1.00 bits per heavy atom. The van der Waals surface area contributed by atoms with Crippen molar-refractivity contribution < 1.29 is 29.6 Å². The molecule has 0 aromatic heterocycles. The third kappa shape index (κ3) is 7.02. The van der Waals surface area contributed by atoms with Crippen molar-refractivity contribution in [2.75, 3.05) is 6.54 Å². The van der Waals surface area contributed by atoms with E-state index in [2.05, 4.69) is 5.32 Å². The summed E-state index contributed by atoms with van der Waals surface area (Å²) in [7, 11) is 0. The average Bonchev–Trinajstić information content (AvgIpc) is 2.71. The fourth-order valence-corrected chi connectivity index (χ4v) is 2.75. The minimum Gasteiger partial charge on any atom is -0.481 e. The summed E-state index contributed by atoms with van der Waals surface area (Å²) < 4.78 is 5.08. The van der Waals surface area contributed by atoms with Crippen LogP contribution in [-0.2, 0) is 22.6 Å². The van der Waals surface area contributed by atoms with E-state index in [-0.39, 0.29) is 32.4 Å². The van der Waals surface area contributed by atoms with E-state index in [1.165, 1.54) is 0 Å². The first kappa shape index (κ1) is 21.4. The monoisotopic (exact) mass is 387 g/mol. The number of aliphatic hydroxyl groups is 2. The van der Waals surface area contributed by atoms with Gasteiger partial charge in [0.2, 0.25) is 0 Å². The van der Waals surface area contributed by atoms with Crippen LogP contribution in [0, 0.1) is 0 Å². The Morgan fingerprint density at radius 2 is 1.68 bits per heavy atom. The lowest BCUT2D eigenvalue weighted by Gasteiger charge is -2.21. The number of hydrogen-bond donors (Lipinski definition) is 4. The Labute approximate surface area is 163 Å². The Hall–Kier alpha value is -2.90. The van der Waals surface area contributed by atoms with Gasteiger partial charge in [0.05, 0.1) is 6.10 Å². The van der Waals surface area contributed by atoms with Crippen LogP contribution in [0.5, 0.6) is 0 Å². The number of amides is 1. The van der Waals surface area contributed by atoms with E-state index in [4.69, 9.17) is 9.84 Å². The molecular formula is C21H25NO6. The smallest absolute Gasteiger partial charge is 0.407 e. The maximum absolute atomic E-state index is 11.7. The first-order chi connectivity index (χ1) is 13.5. The van der Waals surface area contributed by atoms with Gasteiger partial charge in [0.1, 0.15) is 12.7 Å². The number of carbonyl (C=O) groups excluding carboxylic acids is 1. The van der Waals surface area contributed by atoms with Gasteiger partial charge in [-0.3, -0.25) is 4.79 Å². The fourth-order valence-electron chi connectivity index (χ4n) is 2.75. The van der Waals surface area contributed by atoms with E-state index in [0.29, 0.717) is 11.1 Å². The van der Waals surface area contributed by atoms with Gasteiger partial charge in [0.25, 0.3) is 0 Å². The maximum Gasteiger partial charge on any atom is 0.407 e. The topological polar surface area (TPSA) is 116 Å². The lowest BCUT2D eigenvalue weighted by molar-refractivity contribution is -0.136. The van der Waals surface area contributed by atoms with E-state index < -0.39 is 24.3 Å². The van der Waals surface area contributed by atoms with Crippen molar-refractivity contribution in [1.82, 2.24) is 5.32 Å². The number of aryl methyl sites for hydroxylation is 1. The van der Waals surface area contributed by atoms with E-state index in [1.807, 2.05) is 30.3 Å². The van der Waals surface area contributed by atoms with Gasteiger partial charge in [-0.05, 0) is 29.5 Å².